The quantitative estimate of drug-likeness (QED) is 0.378. The van der Waals surface area contributed by atoms with Crippen LogP contribution in [0.1, 0.15) is 36.5 Å². The molecule has 3 N–H and O–H groups in total. The third kappa shape index (κ3) is 6.40. The van der Waals surface area contributed by atoms with Gasteiger partial charge >= 0.3 is 0 Å². The van der Waals surface area contributed by atoms with Crippen LogP contribution in [0.5, 0.6) is 0 Å². The van der Waals surface area contributed by atoms with Gasteiger partial charge in [-0.15, -0.1) is 10.2 Å². The van der Waals surface area contributed by atoms with E-state index in [1.165, 1.54) is 11.0 Å². The van der Waals surface area contributed by atoms with Crippen molar-refractivity contribution in [1.82, 2.24) is 35.6 Å². The molecule has 12 heteroatoms. The maximum Gasteiger partial charge on any atom is 0.251 e. The Kier molecular flexibility index (Phi) is 8.16. The Bertz CT molecular complexity index is 1160. The van der Waals surface area contributed by atoms with E-state index in [0.717, 1.165) is 19.4 Å². The van der Waals surface area contributed by atoms with E-state index in [1.54, 1.807) is 37.5 Å². The van der Waals surface area contributed by atoms with Gasteiger partial charge in [0.05, 0.1) is 5.92 Å². The van der Waals surface area contributed by atoms with Crippen molar-refractivity contribution >= 4 is 29.2 Å². The van der Waals surface area contributed by atoms with Gasteiger partial charge in [0.25, 0.3) is 5.91 Å². The Labute approximate surface area is 208 Å². The molecule has 3 amide bonds. The Hall–Kier alpha value is -4.35. The average molecular weight is 492 g/mol. The van der Waals surface area contributed by atoms with Crippen molar-refractivity contribution in [2.75, 3.05) is 36.4 Å². The van der Waals surface area contributed by atoms with Crippen molar-refractivity contribution in [2.24, 2.45) is 5.92 Å². The fraction of sp³-hybridized carbons (Fsp3) is 0.375. The Morgan fingerprint density at radius 2 is 1.75 bits per heavy atom. The largest absolute Gasteiger partial charge is 0.354 e. The van der Waals surface area contributed by atoms with Crippen LogP contribution in [-0.4, -0.2) is 68.9 Å². The first kappa shape index (κ1) is 24.8. The van der Waals surface area contributed by atoms with Crippen LogP contribution in [0.2, 0.25) is 0 Å². The number of hydrogen-bond donors (Lipinski definition) is 3. The van der Waals surface area contributed by atoms with Crippen molar-refractivity contribution < 1.29 is 14.4 Å². The van der Waals surface area contributed by atoms with E-state index < -0.39 is 0 Å². The monoisotopic (exact) mass is 491 g/mol. The molecule has 2 aromatic heterocycles. The lowest BCUT2D eigenvalue weighted by atomic mass is 9.97. The van der Waals surface area contributed by atoms with Gasteiger partial charge in [0.1, 0.15) is 12.7 Å². The number of amides is 3. The first-order valence-corrected chi connectivity index (χ1v) is 11.9. The third-order valence-corrected chi connectivity index (χ3v) is 5.87. The molecule has 1 aromatic carbocycles. The highest BCUT2D eigenvalue weighted by molar-refractivity contribution is 5.95. The maximum atomic E-state index is 12.7. The fourth-order valence-corrected chi connectivity index (χ4v) is 3.90. The summed E-state index contributed by atoms with van der Waals surface area (Å²) in [6.07, 6.45) is 5.04. The van der Waals surface area contributed by atoms with Gasteiger partial charge in [0.2, 0.25) is 11.8 Å². The first-order valence-electron chi connectivity index (χ1n) is 11.9. The van der Waals surface area contributed by atoms with Crippen LogP contribution in [0, 0.1) is 5.92 Å². The lowest BCUT2D eigenvalue weighted by Crippen LogP contribution is -2.45. The minimum Gasteiger partial charge on any atom is -0.354 e. The van der Waals surface area contributed by atoms with Crippen molar-refractivity contribution in [1.29, 1.82) is 0 Å². The molecule has 0 radical (unpaired) electrons. The van der Waals surface area contributed by atoms with Crippen molar-refractivity contribution in [3.8, 4) is 5.82 Å². The van der Waals surface area contributed by atoms with E-state index in [1.807, 2.05) is 12.1 Å². The van der Waals surface area contributed by atoms with E-state index in [4.69, 9.17) is 0 Å². The molecule has 12 nitrogen and oxygen atoms in total. The summed E-state index contributed by atoms with van der Waals surface area (Å²) < 4.78 is 1.53. The second kappa shape index (κ2) is 11.9. The second-order valence-corrected chi connectivity index (χ2v) is 8.40. The molecule has 1 saturated heterocycles. The molecule has 1 fully saturated rings. The molecule has 1 unspecified atom stereocenters. The zero-order valence-electron chi connectivity index (χ0n) is 20.1. The fourth-order valence-electron chi connectivity index (χ4n) is 3.90. The summed E-state index contributed by atoms with van der Waals surface area (Å²) >= 11 is 0. The standard InChI is InChI=1S/C24H29N9O3/c1-2-22(34)29-19-7-5-17(6-8-19)23(35)26-11-12-27-24(36)18-4-3-13-32(14-18)20-9-10-21(31-30-20)33-16-25-15-28-33/h5-10,15-16,18H,2-4,11-14H2,1H3,(H,26,35)(H,27,36)(H,29,34). The molecule has 0 bridgehead atoms. The number of aromatic nitrogens is 5. The van der Waals surface area contributed by atoms with Crippen LogP contribution in [-0.2, 0) is 9.59 Å². The average Bonchev–Trinajstić information content (AvgIpc) is 3.46. The van der Waals surface area contributed by atoms with Gasteiger partial charge in [-0.1, -0.05) is 6.92 Å². The molecular weight excluding hydrogens is 462 g/mol. The molecule has 1 atom stereocenters. The molecular formula is C24H29N9O3. The number of piperidine rings is 1. The summed E-state index contributed by atoms with van der Waals surface area (Å²) in [5, 5.41) is 21.0. The highest BCUT2D eigenvalue weighted by Gasteiger charge is 2.26. The van der Waals surface area contributed by atoms with Gasteiger partial charge in [-0.25, -0.2) is 9.67 Å². The molecule has 0 saturated carbocycles. The summed E-state index contributed by atoms with van der Waals surface area (Å²) in [5.41, 5.74) is 1.12. The second-order valence-electron chi connectivity index (χ2n) is 8.40. The van der Waals surface area contributed by atoms with Crippen LogP contribution in [0.4, 0.5) is 11.5 Å². The number of carbonyl (C=O) groups excluding carboxylic acids is 3. The molecule has 188 valence electrons. The van der Waals surface area contributed by atoms with Crippen LogP contribution in [0.25, 0.3) is 5.82 Å². The molecule has 3 heterocycles. The summed E-state index contributed by atoms with van der Waals surface area (Å²) in [4.78, 5) is 42.5. The summed E-state index contributed by atoms with van der Waals surface area (Å²) in [6.45, 7) is 3.77. The number of nitrogens with zero attached hydrogens (tertiary/aromatic N) is 6. The molecule has 1 aliphatic rings. The molecule has 0 spiro atoms. The van der Waals surface area contributed by atoms with Crippen molar-refractivity contribution in [3.63, 3.8) is 0 Å². The third-order valence-electron chi connectivity index (χ3n) is 5.87. The van der Waals surface area contributed by atoms with E-state index in [-0.39, 0.29) is 23.6 Å². The zero-order valence-corrected chi connectivity index (χ0v) is 20.1. The zero-order chi connectivity index (χ0) is 25.3. The molecule has 36 heavy (non-hydrogen) atoms. The van der Waals surface area contributed by atoms with Crippen LogP contribution < -0.4 is 20.9 Å². The van der Waals surface area contributed by atoms with Gasteiger partial charge in [0, 0.05) is 43.9 Å². The van der Waals surface area contributed by atoms with E-state index in [9.17, 15) is 14.4 Å². The van der Waals surface area contributed by atoms with Gasteiger partial charge in [0.15, 0.2) is 11.6 Å². The summed E-state index contributed by atoms with van der Waals surface area (Å²) in [6, 6.07) is 10.4. The minimum atomic E-state index is -0.241. The number of nitrogens with one attached hydrogen (secondary N) is 3. The topological polar surface area (TPSA) is 147 Å². The maximum absolute atomic E-state index is 12.7. The van der Waals surface area contributed by atoms with Crippen molar-refractivity contribution in [3.05, 3.63) is 54.6 Å². The van der Waals surface area contributed by atoms with Crippen LogP contribution in [0.15, 0.2) is 49.1 Å². The SMILES string of the molecule is CCC(=O)Nc1ccc(C(=O)NCCNC(=O)C2CCCN(c3ccc(-n4cncn4)nn3)C2)cc1. The highest BCUT2D eigenvalue weighted by Crippen LogP contribution is 2.21. The van der Waals surface area contributed by atoms with Crippen LogP contribution in [0.3, 0.4) is 0 Å². The van der Waals surface area contributed by atoms with Gasteiger partial charge in [-0.05, 0) is 49.2 Å². The molecule has 0 aliphatic carbocycles. The van der Waals surface area contributed by atoms with E-state index >= 15 is 0 Å². The van der Waals surface area contributed by atoms with Gasteiger partial charge in [-0.2, -0.15) is 5.10 Å². The Morgan fingerprint density at radius 3 is 2.44 bits per heavy atom. The smallest absolute Gasteiger partial charge is 0.251 e. The molecule has 4 rings (SSSR count). The molecule has 3 aromatic rings. The Balaban J connectivity index is 1.20. The molecule has 1 aliphatic heterocycles. The number of carbonyl (C=O) groups is 3. The number of anilines is 2. The highest BCUT2D eigenvalue weighted by atomic mass is 16.2. The van der Waals surface area contributed by atoms with Crippen LogP contribution >= 0.6 is 0 Å². The predicted molar refractivity (Wildman–Crippen MR) is 133 cm³/mol. The number of benzene rings is 1. The Morgan fingerprint density at radius 1 is 1.00 bits per heavy atom. The lowest BCUT2D eigenvalue weighted by Gasteiger charge is -2.32. The normalized spacial score (nSPS) is 15.2. The van der Waals surface area contributed by atoms with Gasteiger partial charge in [-0.3, -0.25) is 14.4 Å². The van der Waals surface area contributed by atoms with E-state index in [0.29, 0.717) is 48.9 Å². The number of rotatable bonds is 9. The van der Waals surface area contributed by atoms with Crippen molar-refractivity contribution in [2.45, 2.75) is 26.2 Å². The predicted octanol–water partition coefficient (Wildman–Crippen LogP) is 1.17. The minimum absolute atomic E-state index is 0.0443. The lowest BCUT2D eigenvalue weighted by molar-refractivity contribution is -0.125. The van der Waals surface area contributed by atoms with Gasteiger partial charge < -0.3 is 20.9 Å². The van der Waals surface area contributed by atoms with E-state index in [2.05, 4.69) is 41.1 Å². The summed E-state index contributed by atoms with van der Waals surface area (Å²) in [5.74, 6) is 0.745. The number of hydrogen-bond acceptors (Lipinski definition) is 8. The summed E-state index contributed by atoms with van der Waals surface area (Å²) in [7, 11) is 0. The first-order chi connectivity index (χ1) is 17.5.